The Morgan fingerprint density at radius 1 is 1.17 bits per heavy atom. The molecule has 0 unspecified atom stereocenters. The van der Waals surface area contributed by atoms with Gasteiger partial charge in [0.2, 0.25) is 0 Å². The average molecular weight is 238 g/mol. The number of rotatable bonds is 3. The summed E-state index contributed by atoms with van der Waals surface area (Å²) in [5, 5.41) is 0. The van der Waals surface area contributed by atoms with Gasteiger partial charge in [-0.05, 0) is 28.8 Å². The quantitative estimate of drug-likeness (QED) is 0.747. The van der Waals surface area contributed by atoms with Crippen LogP contribution in [-0.4, -0.2) is 15.0 Å². The van der Waals surface area contributed by atoms with E-state index in [2.05, 4.69) is 6.58 Å². The zero-order valence-corrected chi connectivity index (χ0v) is 10.1. The van der Waals surface area contributed by atoms with Gasteiger partial charge < -0.3 is 4.74 Å². The number of hydrogen-bond donors (Lipinski definition) is 0. The topological polar surface area (TPSA) is 9.23 Å². The zero-order chi connectivity index (χ0) is 13.1. The fourth-order valence-corrected chi connectivity index (χ4v) is 1.75. The first kappa shape index (κ1) is 12.4. The summed E-state index contributed by atoms with van der Waals surface area (Å²) >= 11 is 0. The van der Waals surface area contributed by atoms with Crippen molar-refractivity contribution >= 4 is 18.9 Å². The van der Waals surface area contributed by atoms with Crippen LogP contribution in [0.4, 0.5) is 4.39 Å². The molecular formula is C15H12BFO. The molecule has 0 N–H and O–H groups in total. The van der Waals surface area contributed by atoms with E-state index in [0.717, 1.165) is 11.1 Å². The molecular weight excluding hydrogens is 226 g/mol. The molecule has 0 aliphatic rings. The van der Waals surface area contributed by atoms with Crippen LogP contribution in [0.25, 0.3) is 5.57 Å². The van der Waals surface area contributed by atoms with E-state index in [-0.39, 0.29) is 5.75 Å². The normalized spacial score (nSPS) is 10.1. The summed E-state index contributed by atoms with van der Waals surface area (Å²) in [5.41, 5.74) is 2.96. The van der Waals surface area contributed by atoms with Crippen LogP contribution >= 0.6 is 0 Å². The van der Waals surface area contributed by atoms with Crippen molar-refractivity contribution in [2.75, 3.05) is 7.11 Å². The van der Waals surface area contributed by atoms with E-state index in [9.17, 15) is 4.39 Å². The van der Waals surface area contributed by atoms with Gasteiger partial charge in [-0.25, -0.2) is 4.39 Å². The maximum absolute atomic E-state index is 13.6. The monoisotopic (exact) mass is 238 g/mol. The van der Waals surface area contributed by atoms with E-state index in [1.165, 1.54) is 13.2 Å². The van der Waals surface area contributed by atoms with Gasteiger partial charge in [0.15, 0.2) is 11.6 Å². The predicted molar refractivity (Wildman–Crippen MR) is 72.9 cm³/mol. The Hall–Kier alpha value is -2.03. The minimum Gasteiger partial charge on any atom is -0.494 e. The van der Waals surface area contributed by atoms with Gasteiger partial charge in [-0.3, -0.25) is 0 Å². The van der Waals surface area contributed by atoms with Crippen LogP contribution in [0, 0.1) is 5.82 Å². The minimum absolute atomic E-state index is 0.221. The zero-order valence-electron chi connectivity index (χ0n) is 10.1. The Labute approximate surface area is 107 Å². The Kier molecular flexibility index (Phi) is 3.51. The molecule has 0 saturated carbocycles. The Morgan fingerprint density at radius 2 is 1.89 bits per heavy atom. The lowest BCUT2D eigenvalue weighted by Crippen LogP contribution is -2.02. The molecule has 2 aromatic rings. The highest BCUT2D eigenvalue weighted by molar-refractivity contribution is 6.32. The first-order valence-corrected chi connectivity index (χ1v) is 5.50. The van der Waals surface area contributed by atoms with E-state index in [4.69, 9.17) is 12.6 Å². The number of ether oxygens (including phenoxy) is 1. The number of benzene rings is 2. The molecule has 0 aliphatic carbocycles. The van der Waals surface area contributed by atoms with Gasteiger partial charge in [0.05, 0.1) is 7.11 Å². The second-order valence-corrected chi connectivity index (χ2v) is 3.95. The highest BCUT2D eigenvalue weighted by atomic mass is 19.1. The van der Waals surface area contributed by atoms with Crippen molar-refractivity contribution in [1.82, 2.24) is 0 Å². The molecule has 0 atom stereocenters. The van der Waals surface area contributed by atoms with Crippen LogP contribution in [0.3, 0.4) is 0 Å². The second kappa shape index (κ2) is 5.09. The van der Waals surface area contributed by atoms with Gasteiger partial charge in [0, 0.05) is 0 Å². The fourth-order valence-electron chi connectivity index (χ4n) is 1.75. The summed E-state index contributed by atoms with van der Waals surface area (Å²) in [4.78, 5) is 0. The van der Waals surface area contributed by atoms with Gasteiger partial charge >= 0.3 is 0 Å². The molecule has 0 spiro atoms. The fraction of sp³-hybridized carbons (Fsp3) is 0.0667. The third kappa shape index (κ3) is 2.45. The number of hydrogen-bond acceptors (Lipinski definition) is 1. The molecule has 88 valence electrons. The highest BCUT2D eigenvalue weighted by Crippen LogP contribution is 2.25. The summed E-state index contributed by atoms with van der Waals surface area (Å²) in [6, 6.07) is 12.1. The molecule has 0 bridgehead atoms. The second-order valence-electron chi connectivity index (χ2n) is 3.95. The summed E-state index contributed by atoms with van der Waals surface area (Å²) in [7, 11) is 7.15. The maximum Gasteiger partial charge on any atom is 0.165 e. The standard InChI is InChI=1S/C15H12BFO/c1-10(11-4-3-5-13(16)8-11)12-6-7-15(18-2)14(17)9-12/h3-9H,1H2,2H3. The van der Waals surface area contributed by atoms with E-state index in [1.807, 2.05) is 18.2 Å². The van der Waals surface area contributed by atoms with E-state index < -0.39 is 5.82 Å². The van der Waals surface area contributed by atoms with Crippen molar-refractivity contribution in [3.63, 3.8) is 0 Å². The lowest BCUT2D eigenvalue weighted by molar-refractivity contribution is 0.386. The van der Waals surface area contributed by atoms with Crippen LogP contribution in [0.2, 0.25) is 0 Å². The molecule has 3 heteroatoms. The molecule has 0 amide bonds. The molecule has 0 heterocycles. The van der Waals surface area contributed by atoms with Crippen LogP contribution < -0.4 is 10.2 Å². The maximum atomic E-state index is 13.6. The summed E-state index contributed by atoms with van der Waals surface area (Å²) in [5.74, 6) is -0.181. The lowest BCUT2D eigenvalue weighted by Gasteiger charge is -2.09. The van der Waals surface area contributed by atoms with Crippen LogP contribution in [0.1, 0.15) is 11.1 Å². The predicted octanol–water partition coefficient (Wildman–Crippen LogP) is 2.69. The Bertz CT molecular complexity index is 593. The lowest BCUT2D eigenvalue weighted by atomic mass is 9.91. The van der Waals surface area contributed by atoms with Crippen molar-refractivity contribution in [2.45, 2.75) is 0 Å². The van der Waals surface area contributed by atoms with Crippen molar-refractivity contribution in [2.24, 2.45) is 0 Å². The average Bonchev–Trinajstić information content (AvgIpc) is 2.37. The molecule has 1 nitrogen and oxygen atoms in total. The van der Waals surface area contributed by atoms with Gasteiger partial charge in [-0.15, -0.1) is 0 Å². The van der Waals surface area contributed by atoms with Gasteiger partial charge in [-0.1, -0.05) is 42.4 Å². The molecule has 18 heavy (non-hydrogen) atoms. The van der Waals surface area contributed by atoms with Crippen molar-refractivity contribution in [3.8, 4) is 5.75 Å². The molecule has 2 rings (SSSR count). The summed E-state index contributed by atoms with van der Waals surface area (Å²) in [6.45, 7) is 3.97. The first-order valence-electron chi connectivity index (χ1n) is 5.50. The third-order valence-electron chi connectivity index (χ3n) is 2.74. The Balaban J connectivity index is 2.37. The van der Waals surface area contributed by atoms with E-state index >= 15 is 0 Å². The van der Waals surface area contributed by atoms with Crippen LogP contribution in [-0.2, 0) is 0 Å². The summed E-state index contributed by atoms with van der Waals surface area (Å²) < 4.78 is 18.5. The largest absolute Gasteiger partial charge is 0.494 e. The van der Waals surface area contributed by atoms with Crippen molar-refractivity contribution < 1.29 is 9.13 Å². The van der Waals surface area contributed by atoms with Gasteiger partial charge in [0.1, 0.15) is 7.85 Å². The summed E-state index contributed by atoms with van der Waals surface area (Å²) in [6.07, 6.45) is 0. The van der Waals surface area contributed by atoms with Crippen LogP contribution in [0.5, 0.6) is 5.75 Å². The van der Waals surface area contributed by atoms with Crippen molar-refractivity contribution in [1.29, 1.82) is 0 Å². The van der Waals surface area contributed by atoms with Gasteiger partial charge in [0.25, 0.3) is 0 Å². The van der Waals surface area contributed by atoms with E-state index in [0.29, 0.717) is 11.0 Å². The molecule has 0 aliphatic heterocycles. The highest BCUT2D eigenvalue weighted by Gasteiger charge is 2.07. The number of methoxy groups -OCH3 is 1. The molecule has 2 radical (unpaired) electrons. The minimum atomic E-state index is -0.403. The molecule has 0 saturated heterocycles. The van der Waals surface area contributed by atoms with Crippen molar-refractivity contribution in [3.05, 3.63) is 66.0 Å². The Morgan fingerprint density at radius 3 is 2.50 bits per heavy atom. The smallest absolute Gasteiger partial charge is 0.165 e. The van der Waals surface area contributed by atoms with E-state index in [1.54, 1.807) is 18.2 Å². The third-order valence-corrected chi connectivity index (χ3v) is 2.74. The van der Waals surface area contributed by atoms with Crippen LogP contribution in [0.15, 0.2) is 49.0 Å². The molecule has 0 aromatic heterocycles. The number of halogens is 1. The SMILES string of the molecule is [B]c1cccc(C(=C)c2ccc(OC)c(F)c2)c1. The molecule has 2 aromatic carbocycles. The first-order chi connectivity index (χ1) is 8.61. The van der Waals surface area contributed by atoms with Gasteiger partial charge in [-0.2, -0.15) is 0 Å². The molecule has 0 fully saturated rings.